The van der Waals surface area contributed by atoms with E-state index < -0.39 is 0 Å². The van der Waals surface area contributed by atoms with Crippen LogP contribution >= 0.6 is 11.3 Å². The molecule has 2 N–H and O–H groups in total. The first-order valence-corrected chi connectivity index (χ1v) is 7.37. The predicted molar refractivity (Wildman–Crippen MR) is 81.0 cm³/mol. The SMILES string of the molecule is CCc1cnc(CNC(=O)c2cccc3[nH]ccc23)s1. The van der Waals surface area contributed by atoms with Gasteiger partial charge in [-0.25, -0.2) is 4.98 Å². The van der Waals surface area contributed by atoms with Crippen molar-refractivity contribution < 1.29 is 4.79 Å². The highest BCUT2D eigenvalue weighted by Crippen LogP contribution is 2.18. The number of rotatable bonds is 4. The predicted octanol–water partition coefficient (Wildman–Crippen LogP) is 3.12. The molecule has 0 saturated heterocycles. The van der Waals surface area contributed by atoms with E-state index in [0.29, 0.717) is 12.1 Å². The average molecular weight is 285 g/mol. The van der Waals surface area contributed by atoms with Gasteiger partial charge in [-0.3, -0.25) is 4.79 Å². The first-order valence-electron chi connectivity index (χ1n) is 6.56. The Morgan fingerprint density at radius 1 is 1.40 bits per heavy atom. The monoisotopic (exact) mass is 285 g/mol. The number of hydrogen-bond acceptors (Lipinski definition) is 3. The third-order valence-corrected chi connectivity index (χ3v) is 4.33. The highest BCUT2D eigenvalue weighted by molar-refractivity contribution is 7.11. The Bertz CT molecular complexity index is 744. The number of nitrogens with one attached hydrogen (secondary N) is 2. The van der Waals surface area contributed by atoms with Crippen LogP contribution in [0.25, 0.3) is 10.9 Å². The third kappa shape index (κ3) is 2.44. The van der Waals surface area contributed by atoms with Crippen LogP contribution in [0, 0.1) is 0 Å². The molecule has 0 atom stereocenters. The van der Waals surface area contributed by atoms with Crippen LogP contribution in [0.3, 0.4) is 0 Å². The molecule has 2 aromatic heterocycles. The van der Waals surface area contributed by atoms with E-state index in [4.69, 9.17) is 0 Å². The van der Waals surface area contributed by atoms with Gasteiger partial charge in [-0.1, -0.05) is 13.0 Å². The minimum atomic E-state index is -0.0663. The number of benzene rings is 1. The lowest BCUT2D eigenvalue weighted by atomic mass is 10.1. The summed E-state index contributed by atoms with van der Waals surface area (Å²) in [6.45, 7) is 2.58. The van der Waals surface area contributed by atoms with Crippen LogP contribution in [-0.2, 0) is 13.0 Å². The van der Waals surface area contributed by atoms with E-state index in [9.17, 15) is 4.79 Å². The van der Waals surface area contributed by atoms with Crippen LogP contribution in [0.2, 0.25) is 0 Å². The van der Waals surface area contributed by atoms with E-state index in [1.54, 1.807) is 11.3 Å². The molecule has 1 amide bonds. The molecule has 1 aromatic carbocycles. The zero-order chi connectivity index (χ0) is 13.9. The molecule has 0 unspecified atom stereocenters. The molecule has 4 nitrogen and oxygen atoms in total. The van der Waals surface area contributed by atoms with Crippen LogP contribution in [0.15, 0.2) is 36.7 Å². The Morgan fingerprint density at radius 3 is 3.10 bits per heavy atom. The number of carbonyl (C=O) groups is 1. The van der Waals surface area contributed by atoms with Gasteiger partial charge in [0.05, 0.1) is 6.54 Å². The number of amides is 1. The second-order valence-electron chi connectivity index (χ2n) is 4.50. The molecule has 0 fully saturated rings. The van der Waals surface area contributed by atoms with Crippen molar-refractivity contribution >= 4 is 28.1 Å². The maximum atomic E-state index is 12.3. The Hall–Kier alpha value is -2.14. The van der Waals surface area contributed by atoms with E-state index >= 15 is 0 Å². The van der Waals surface area contributed by atoms with Gasteiger partial charge in [0, 0.05) is 33.7 Å². The van der Waals surface area contributed by atoms with Gasteiger partial charge in [-0.2, -0.15) is 0 Å². The Kier molecular flexibility index (Phi) is 3.52. The van der Waals surface area contributed by atoms with Gasteiger partial charge in [0.15, 0.2) is 0 Å². The topological polar surface area (TPSA) is 57.8 Å². The summed E-state index contributed by atoms with van der Waals surface area (Å²) >= 11 is 1.64. The molecule has 0 aliphatic carbocycles. The highest BCUT2D eigenvalue weighted by atomic mass is 32.1. The first kappa shape index (κ1) is 12.9. The minimum absolute atomic E-state index is 0.0663. The van der Waals surface area contributed by atoms with Crippen molar-refractivity contribution in [2.45, 2.75) is 19.9 Å². The number of aromatic amines is 1. The molecule has 0 radical (unpaired) electrons. The Balaban J connectivity index is 1.74. The second-order valence-corrected chi connectivity index (χ2v) is 5.70. The molecule has 0 bridgehead atoms. The number of nitrogens with zero attached hydrogens (tertiary/aromatic N) is 1. The summed E-state index contributed by atoms with van der Waals surface area (Å²) in [6.07, 6.45) is 4.70. The Labute approximate surface area is 120 Å². The third-order valence-electron chi connectivity index (χ3n) is 3.19. The lowest BCUT2D eigenvalue weighted by Gasteiger charge is -2.04. The van der Waals surface area contributed by atoms with Gasteiger partial charge in [0.2, 0.25) is 0 Å². The normalized spacial score (nSPS) is 10.8. The largest absolute Gasteiger partial charge is 0.361 e. The van der Waals surface area contributed by atoms with Gasteiger partial charge < -0.3 is 10.3 Å². The second kappa shape index (κ2) is 5.46. The number of thiazole rings is 1. The molecular formula is C15H15N3OS. The molecule has 3 aromatic rings. The number of carbonyl (C=O) groups excluding carboxylic acids is 1. The summed E-state index contributed by atoms with van der Waals surface area (Å²) in [6, 6.07) is 7.60. The van der Waals surface area contributed by atoms with E-state index in [-0.39, 0.29) is 5.91 Å². The van der Waals surface area contributed by atoms with Gasteiger partial charge >= 0.3 is 0 Å². The number of hydrogen-bond donors (Lipinski definition) is 2. The van der Waals surface area contributed by atoms with Crippen molar-refractivity contribution in [2.75, 3.05) is 0 Å². The van der Waals surface area contributed by atoms with E-state index in [2.05, 4.69) is 22.2 Å². The highest BCUT2D eigenvalue weighted by Gasteiger charge is 2.10. The average Bonchev–Trinajstić information content (AvgIpc) is 3.12. The van der Waals surface area contributed by atoms with E-state index in [1.165, 1.54) is 4.88 Å². The standard InChI is InChI=1S/C15H15N3OS/c1-2-10-8-17-14(20-10)9-18-15(19)12-4-3-5-13-11(12)6-7-16-13/h3-8,16H,2,9H2,1H3,(H,18,19). The molecule has 3 rings (SSSR count). The summed E-state index contributed by atoms with van der Waals surface area (Å²) in [5.74, 6) is -0.0663. The molecule has 2 heterocycles. The maximum Gasteiger partial charge on any atom is 0.252 e. The molecule has 0 spiro atoms. The zero-order valence-electron chi connectivity index (χ0n) is 11.1. The van der Waals surface area contributed by atoms with Crippen molar-refractivity contribution in [3.63, 3.8) is 0 Å². The van der Waals surface area contributed by atoms with Crippen LogP contribution in [0.1, 0.15) is 27.2 Å². The fourth-order valence-corrected chi connectivity index (χ4v) is 2.93. The van der Waals surface area contributed by atoms with Crippen molar-refractivity contribution in [3.05, 3.63) is 52.1 Å². The molecule has 20 heavy (non-hydrogen) atoms. The van der Waals surface area contributed by atoms with Crippen molar-refractivity contribution in [1.82, 2.24) is 15.3 Å². The molecule has 0 aliphatic rings. The molecule has 5 heteroatoms. The van der Waals surface area contributed by atoms with Gasteiger partial charge in [0.1, 0.15) is 5.01 Å². The smallest absolute Gasteiger partial charge is 0.252 e. The summed E-state index contributed by atoms with van der Waals surface area (Å²) in [5, 5.41) is 4.81. The summed E-state index contributed by atoms with van der Waals surface area (Å²) in [4.78, 5) is 20.9. The van der Waals surface area contributed by atoms with Crippen molar-refractivity contribution in [1.29, 1.82) is 0 Å². The van der Waals surface area contributed by atoms with Crippen LogP contribution in [-0.4, -0.2) is 15.9 Å². The quantitative estimate of drug-likeness (QED) is 0.774. The van der Waals surface area contributed by atoms with Gasteiger partial charge in [0.25, 0.3) is 5.91 Å². The van der Waals surface area contributed by atoms with Crippen LogP contribution in [0.4, 0.5) is 0 Å². The van der Waals surface area contributed by atoms with E-state index in [1.807, 2.05) is 36.7 Å². The number of aromatic nitrogens is 2. The fourth-order valence-electron chi connectivity index (χ4n) is 2.13. The lowest BCUT2D eigenvalue weighted by Crippen LogP contribution is -2.22. The minimum Gasteiger partial charge on any atom is -0.361 e. The molecule has 102 valence electrons. The van der Waals surface area contributed by atoms with Crippen molar-refractivity contribution in [2.24, 2.45) is 0 Å². The van der Waals surface area contributed by atoms with Gasteiger partial charge in [-0.05, 0) is 24.6 Å². The molecule has 0 saturated carbocycles. The molecule has 0 aliphatic heterocycles. The molecular weight excluding hydrogens is 270 g/mol. The fraction of sp³-hybridized carbons (Fsp3) is 0.200. The van der Waals surface area contributed by atoms with E-state index in [0.717, 1.165) is 22.3 Å². The maximum absolute atomic E-state index is 12.3. The number of aryl methyl sites for hydroxylation is 1. The zero-order valence-corrected chi connectivity index (χ0v) is 12.0. The Morgan fingerprint density at radius 2 is 2.30 bits per heavy atom. The number of H-pyrrole nitrogens is 1. The van der Waals surface area contributed by atoms with Crippen molar-refractivity contribution in [3.8, 4) is 0 Å². The van der Waals surface area contributed by atoms with Gasteiger partial charge in [-0.15, -0.1) is 11.3 Å². The lowest BCUT2D eigenvalue weighted by molar-refractivity contribution is 0.0952. The van der Waals surface area contributed by atoms with Crippen LogP contribution < -0.4 is 5.32 Å². The summed E-state index contributed by atoms with van der Waals surface area (Å²) < 4.78 is 0. The number of fused-ring (bicyclic) bond motifs is 1. The summed E-state index contributed by atoms with van der Waals surface area (Å²) in [5.41, 5.74) is 1.66. The summed E-state index contributed by atoms with van der Waals surface area (Å²) in [7, 11) is 0. The van der Waals surface area contributed by atoms with Crippen LogP contribution in [0.5, 0.6) is 0 Å². The first-order chi connectivity index (χ1) is 9.78.